The summed E-state index contributed by atoms with van der Waals surface area (Å²) < 4.78 is 7.44. The van der Waals surface area contributed by atoms with Gasteiger partial charge in [-0.2, -0.15) is 0 Å². The Bertz CT molecular complexity index is 1300. The fraction of sp³-hybridized carbons (Fsp3) is 0.269. The SMILES string of the molecule is CCCCc1nc2cc(NC(=O)Nc3cccc(Cl)c3)c(C)nc2n1Cc1ccc(OC)cc1. The zero-order valence-corrected chi connectivity index (χ0v) is 20.3. The number of imidazole rings is 1. The van der Waals surface area contributed by atoms with Crippen molar-refractivity contribution < 1.29 is 9.53 Å². The summed E-state index contributed by atoms with van der Waals surface area (Å²) in [5, 5.41) is 6.24. The van der Waals surface area contributed by atoms with Crippen LogP contribution in [-0.4, -0.2) is 27.7 Å². The Morgan fingerprint density at radius 2 is 1.88 bits per heavy atom. The lowest BCUT2D eigenvalue weighted by molar-refractivity contribution is 0.262. The number of urea groups is 1. The number of amides is 2. The van der Waals surface area contributed by atoms with Crippen LogP contribution in [0.3, 0.4) is 0 Å². The lowest BCUT2D eigenvalue weighted by Gasteiger charge is -2.12. The largest absolute Gasteiger partial charge is 0.497 e. The first-order valence-corrected chi connectivity index (χ1v) is 11.7. The van der Waals surface area contributed by atoms with E-state index < -0.39 is 0 Å². The highest BCUT2D eigenvalue weighted by atomic mass is 35.5. The molecule has 2 amide bonds. The predicted octanol–water partition coefficient (Wildman–Crippen LogP) is 6.44. The van der Waals surface area contributed by atoms with Gasteiger partial charge < -0.3 is 19.9 Å². The molecule has 0 bridgehead atoms. The first kappa shape index (κ1) is 23.6. The molecule has 0 aliphatic carbocycles. The van der Waals surface area contributed by atoms with Crippen molar-refractivity contribution in [3.05, 3.63) is 76.7 Å². The van der Waals surface area contributed by atoms with Gasteiger partial charge in [0.15, 0.2) is 5.65 Å². The molecule has 0 fully saturated rings. The number of fused-ring (bicyclic) bond motifs is 1. The fourth-order valence-corrected chi connectivity index (χ4v) is 3.96. The van der Waals surface area contributed by atoms with Crippen LogP contribution in [0, 0.1) is 6.92 Å². The number of hydrogen-bond donors (Lipinski definition) is 2. The number of aryl methyl sites for hydroxylation is 2. The first-order chi connectivity index (χ1) is 16.5. The quantitative estimate of drug-likeness (QED) is 0.306. The zero-order chi connectivity index (χ0) is 24.1. The number of aromatic nitrogens is 3. The molecular weight excluding hydrogens is 450 g/mol. The molecule has 2 N–H and O–H groups in total. The van der Waals surface area contributed by atoms with Crippen molar-refractivity contribution in [3.63, 3.8) is 0 Å². The number of unbranched alkanes of at least 4 members (excludes halogenated alkanes) is 1. The molecule has 0 aliphatic rings. The van der Waals surface area contributed by atoms with E-state index in [0.29, 0.717) is 28.6 Å². The first-order valence-electron chi connectivity index (χ1n) is 11.3. The van der Waals surface area contributed by atoms with Crippen molar-refractivity contribution >= 4 is 40.2 Å². The second-order valence-electron chi connectivity index (χ2n) is 8.12. The van der Waals surface area contributed by atoms with Gasteiger partial charge in [-0.3, -0.25) is 0 Å². The van der Waals surface area contributed by atoms with E-state index >= 15 is 0 Å². The Hall–Kier alpha value is -3.58. The minimum absolute atomic E-state index is 0.365. The van der Waals surface area contributed by atoms with Gasteiger partial charge in [-0.25, -0.2) is 14.8 Å². The number of carbonyl (C=O) groups excluding carboxylic acids is 1. The van der Waals surface area contributed by atoms with Crippen molar-refractivity contribution in [1.82, 2.24) is 14.5 Å². The zero-order valence-electron chi connectivity index (χ0n) is 19.6. The van der Waals surface area contributed by atoms with E-state index in [9.17, 15) is 4.79 Å². The van der Waals surface area contributed by atoms with Crippen molar-refractivity contribution in [2.75, 3.05) is 17.7 Å². The molecule has 4 rings (SSSR count). The van der Waals surface area contributed by atoms with E-state index in [-0.39, 0.29) is 6.03 Å². The number of rotatable bonds is 8. The van der Waals surface area contributed by atoms with E-state index in [4.69, 9.17) is 26.3 Å². The number of benzene rings is 2. The highest BCUT2D eigenvalue weighted by Gasteiger charge is 2.16. The molecular formula is C26H28ClN5O2. The highest BCUT2D eigenvalue weighted by molar-refractivity contribution is 6.30. The molecule has 8 heteroatoms. The summed E-state index contributed by atoms with van der Waals surface area (Å²) in [6.07, 6.45) is 2.98. The van der Waals surface area contributed by atoms with E-state index in [0.717, 1.165) is 47.6 Å². The standard InChI is InChI=1S/C26H28ClN5O2/c1-4-5-9-24-30-23-15-22(31-26(33)29-20-8-6-7-19(27)14-20)17(2)28-25(23)32(24)16-18-10-12-21(34-3)13-11-18/h6-8,10-15H,4-5,9,16H2,1-3H3,(H2,29,31,33). The highest BCUT2D eigenvalue weighted by Crippen LogP contribution is 2.24. The Morgan fingerprint density at radius 3 is 2.59 bits per heavy atom. The number of ether oxygens (including phenoxy) is 1. The fourth-order valence-electron chi connectivity index (χ4n) is 3.77. The Balaban J connectivity index is 1.62. The molecule has 0 spiro atoms. The third kappa shape index (κ3) is 5.48. The molecule has 4 aromatic rings. The Kier molecular flexibility index (Phi) is 7.33. The second kappa shape index (κ2) is 10.6. The van der Waals surface area contributed by atoms with Gasteiger partial charge in [-0.1, -0.05) is 43.1 Å². The van der Waals surface area contributed by atoms with Crippen LogP contribution in [0.15, 0.2) is 54.6 Å². The van der Waals surface area contributed by atoms with Crippen LogP contribution < -0.4 is 15.4 Å². The topological polar surface area (TPSA) is 81.1 Å². The van der Waals surface area contributed by atoms with Crippen LogP contribution in [0.25, 0.3) is 11.2 Å². The van der Waals surface area contributed by atoms with Crippen molar-refractivity contribution in [3.8, 4) is 5.75 Å². The normalized spacial score (nSPS) is 10.9. The molecule has 0 saturated heterocycles. The number of carbonyl (C=O) groups is 1. The molecule has 7 nitrogen and oxygen atoms in total. The van der Waals surface area contributed by atoms with Crippen LogP contribution in [0.5, 0.6) is 5.75 Å². The number of nitrogens with zero attached hydrogens (tertiary/aromatic N) is 3. The van der Waals surface area contributed by atoms with Crippen molar-refractivity contribution in [2.24, 2.45) is 0 Å². The number of anilines is 2. The maximum Gasteiger partial charge on any atom is 0.323 e. The number of halogens is 1. The lowest BCUT2D eigenvalue weighted by Crippen LogP contribution is -2.20. The van der Waals surface area contributed by atoms with Gasteiger partial charge in [-0.15, -0.1) is 0 Å². The van der Waals surface area contributed by atoms with Gasteiger partial charge in [-0.05, 0) is 55.3 Å². The maximum atomic E-state index is 12.6. The molecule has 0 unspecified atom stereocenters. The summed E-state index contributed by atoms with van der Waals surface area (Å²) in [5.41, 5.74) is 4.64. The summed E-state index contributed by atoms with van der Waals surface area (Å²) in [5.74, 6) is 1.81. The number of methoxy groups -OCH3 is 1. The summed E-state index contributed by atoms with van der Waals surface area (Å²) >= 11 is 6.01. The second-order valence-corrected chi connectivity index (χ2v) is 8.56. The molecule has 2 aromatic carbocycles. The molecule has 2 aromatic heterocycles. The van der Waals surface area contributed by atoms with Gasteiger partial charge in [0.25, 0.3) is 0 Å². The maximum absolute atomic E-state index is 12.6. The van der Waals surface area contributed by atoms with E-state index in [2.05, 4.69) is 34.3 Å². The van der Waals surface area contributed by atoms with Crippen molar-refractivity contribution in [2.45, 2.75) is 39.7 Å². The number of hydrogen-bond acceptors (Lipinski definition) is 4. The van der Waals surface area contributed by atoms with E-state index in [1.54, 1.807) is 31.4 Å². The van der Waals surface area contributed by atoms with Crippen LogP contribution in [0.2, 0.25) is 5.02 Å². The Morgan fingerprint density at radius 1 is 1.09 bits per heavy atom. The smallest absolute Gasteiger partial charge is 0.323 e. The molecule has 0 aliphatic heterocycles. The van der Waals surface area contributed by atoms with Gasteiger partial charge in [0.1, 0.15) is 17.1 Å². The average molecular weight is 478 g/mol. The summed E-state index contributed by atoms with van der Waals surface area (Å²) in [4.78, 5) is 22.3. The van der Waals surface area contributed by atoms with Crippen LogP contribution in [0.4, 0.5) is 16.2 Å². The van der Waals surface area contributed by atoms with Gasteiger partial charge >= 0.3 is 6.03 Å². The molecule has 0 saturated carbocycles. The van der Waals surface area contributed by atoms with E-state index in [1.165, 1.54) is 0 Å². The molecule has 2 heterocycles. The summed E-state index contributed by atoms with van der Waals surface area (Å²) in [6.45, 7) is 4.71. The van der Waals surface area contributed by atoms with Crippen LogP contribution in [-0.2, 0) is 13.0 Å². The third-order valence-corrected chi connectivity index (χ3v) is 5.81. The summed E-state index contributed by atoms with van der Waals surface area (Å²) in [6, 6.07) is 16.5. The van der Waals surface area contributed by atoms with Gasteiger partial charge in [0, 0.05) is 17.1 Å². The van der Waals surface area contributed by atoms with Crippen LogP contribution in [0.1, 0.15) is 36.8 Å². The summed E-state index contributed by atoms with van der Waals surface area (Å²) in [7, 11) is 1.66. The molecule has 0 radical (unpaired) electrons. The number of pyridine rings is 1. The number of nitrogens with one attached hydrogen (secondary N) is 2. The van der Waals surface area contributed by atoms with Gasteiger partial charge in [0.05, 0.1) is 25.0 Å². The lowest BCUT2D eigenvalue weighted by atomic mass is 10.2. The molecule has 34 heavy (non-hydrogen) atoms. The molecule has 0 atom stereocenters. The molecule has 176 valence electrons. The predicted molar refractivity (Wildman–Crippen MR) is 137 cm³/mol. The third-order valence-electron chi connectivity index (χ3n) is 5.57. The minimum atomic E-state index is -0.365. The van der Waals surface area contributed by atoms with Crippen LogP contribution >= 0.6 is 11.6 Å². The van der Waals surface area contributed by atoms with E-state index in [1.807, 2.05) is 25.1 Å². The average Bonchev–Trinajstić information content (AvgIpc) is 3.14. The van der Waals surface area contributed by atoms with Crippen molar-refractivity contribution in [1.29, 1.82) is 0 Å². The van der Waals surface area contributed by atoms with Gasteiger partial charge in [0.2, 0.25) is 0 Å². The minimum Gasteiger partial charge on any atom is -0.497 e. The Labute approximate surface area is 204 Å². The monoisotopic (exact) mass is 477 g/mol.